The Morgan fingerprint density at radius 1 is 1.26 bits per heavy atom. The van der Waals surface area contributed by atoms with Gasteiger partial charge in [0.05, 0.1) is 17.3 Å². The van der Waals surface area contributed by atoms with E-state index in [0.717, 1.165) is 11.1 Å². The van der Waals surface area contributed by atoms with Crippen molar-refractivity contribution in [2.45, 2.75) is 26.3 Å². The summed E-state index contributed by atoms with van der Waals surface area (Å²) in [6, 6.07) is 12.2. The molecule has 1 amide bonds. The number of imidazole rings is 1. The van der Waals surface area contributed by atoms with Crippen molar-refractivity contribution in [2.24, 2.45) is 0 Å². The number of nitrogens with one attached hydrogen (secondary N) is 1. The molecular formula is C20H20N4O3. The first-order chi connectivity index (χ1) is 13.0. The SMILES string of the molecule is CCC(NC(=O)c1ccc(-n2ccnc2)c([N+](=O)[O-])c1)c1ccc(C)cc1. The van der Waals surface area contributed by atoms with Crippen molar-refractivity contribution in [3.05, 3.63) is 88.0 Å². The average molecular weight is 364 g/mol. The van der Waals surface area contributed by atoms with Crippen LogP contribution in [0.2, 0.25) is 0 Å². The molecule has 2 aromatic carbocycles. The van der Waals surface area contributed by atoms with E-state index < -0.39 is 4.92 Å². The van der Waals surface area contributed by atoms with Crippen LogP contribution >= 0.6 is 0 Å². The average Bonchev–Trinajstić information content (AvgIpc) is 3.20. The van der Waals surface area contributed by atoms with E-state index in [4.69, 9.17) is 0 Å². The van der Waals surface area contributed by atoms with Crippen LogP contribution in [-0.4, -0.2) is 20.4 Å². The molecule has 0 aliphatic heterocycles. The maximum atomic E-state index is 12.7. The number of aromatic nitrogens is 2. The van der Waals surface area contributed by atoms with Crippen LogP contribution in [0.15, 0.2) is 61.2 Å². The normalized spacial score (nSPS) is 11.8. The highest BCUT2D eigenvalue weighted by molar-refractivity contribution is 5.95. The number of amides is 1. The summed E-state index contributed by atoms with van der Waals surface area (Å²) in [5, 5.41) is 14.4. The fourth-order valence-electron chi connectivity index (χ4n) is 2.89. The van der Waals surface area contributed by atoms with Gasteiger partial charge in [0, 0.05) is 24.0 Å². The number of nitro benzene ring substituents is 1. The third-order valence-electron chi connectivity index (χ3n) is 4.41. The summed E-state index contributed by atoms with van der Waals surface area (Å²) in [4.78, 5) is 27.5. The number of carbonyl (C=O) groups is 1. The fourth-order valence-corrected chi connectivity index (χ4v) is 2.89. The lowest BCUT2D eigenvalue weighted by atomic mass is 10.0. The molecule has 138 valence electrons. The Morgan fingerprint density at radius 2 is 2.00 bits per heavy atom. The molecule has 7 heteroatoms. The van der Waals surface area contributed by atoms with Crippen molar-refractivity contribution >= 4 is 11.6 Å². The molecule has 3 aromatic rings. The molecule has 0 aliphatic rings. The summed E-state index contributed by atoms with van der Waals surface area (Å²) >= 11 is 0. The van der Waals surface area contributed by atoms with Gasteiger partial charge in [0.15, 0.2) is 0 Å². The summed E-state index contributed by atoms with van der Waals surface area (Å²) in [7, 11) is 0. The molecule has 3 rings (SSSR count). The van der Waals surface area contributed by atoms with Crippen LogP contribution in [0.3, 0.4) is 0 Å². The van der Waals surface area contributed by atoms with E-state index in [-0.39, 0.29) is 23.2 Å². The van der Waals surface area contributed by atoms with Crippen LogP contribution in [0.25, 0.3) is 5.69 Å². The van der Waals surface area contributed by atoms with Gasteiger partial charge in [-0.25, -0.2) is 4.98 Å². The summed E-state index contributed by atoms with van der Waals surface area (Å²) in [5.41, 5.74) is 2.60. The maximum Gasteiger partial charge on any atom is 0.294 e. The monoisotopic (exact) mass is 364 g/mol. The predicted octanol–water partition coefficient (Wildman–Crippen LogP) is 3.97. The molecule has 1 unspecified atom stereocenters. The third kappa shape index (κ3) is 4.03. The zero-order valence-corrected chi connectivity index (χ0v) is 15.1. The Kier molecular flexibility index (Phi) is 5.30. The highest BCUT2D eigenvalue weighted by Gasteiger charge is 2.20. The van der Waals surface area contributed by atoms with Gasteiger partial charge in [-0.15, -0.1) is 0 Å². The largest absolute Gasteiger partial charge is 0.345 e. The van der Waals surface area contributed by atoms with E-state index in [1.54, 1.807) is 22.9 Å². The molecule has 1 heterocycles. The molecule has 1 aromatic heterocycles. The van der Waals surface area contributed by atoms with Gasteiger partial charge in [0.25, 0.3) is 11.6 Å². The first-order valence-electron chi connectivity index (χ1n) is 8.63. The van der Waals surface area contributed by atoms with Crippen LogP contribution in [0.4, 0.5) is 5.69 Å². The zero-order valence-electron chi connectivity index (χ0n) is 15.1. The number of nitrogens with zero attached hydrogens (tertiary/aromatic N) is 3. The van der Waals surface area contributed by atoms with Crippen molar-refractivity contribution in [3.63, 3.8) is 0 Å². The Balaban J connectivity index is 1.87. The van der Waals surface area contributed by atoms with E-state index in [1.165, 1.54) is 18.6 Å². The van der Waals surface area contributed by atoms with Crippen molar-refractivity contribution in [3.8, 4) is 5.69 Å². The van der Waals surface area contributed by atoms with E-state index in [9.17, 15) is 14.9 Å². The number of hydrogen-bond acceptors (Lipinski definition) is 4. The fraction of sp³-hybridized carbons (Fsp3) is 0.200. The van der Waals surface area contributed by atoms with E-state index >= 15 is 0 Å². The highest BCUT2D eigenvalue weighted by atomic mass is 16.6. The van der Waals surface area contributed by atoms with Crippen LogP contribution in [0, 0.1) is 17.0 Å². The number of benzene rings is 2. The second-order valence-electron chi connectivity index (χ2n) is 6.28. The molecular weight excluding hydrogens is 344 g/mol. The molecule has 0 saturated heterocycles. The molecule has 7 nitrogen and oxygen atoms in total. The number of carbonyl (C=O) groups excluding carboxylic acids is 1. The van der Waals surface area contributed by atoms with Crippen molar-refractivity contribution in [2.75, 3.05) is 0 Å². The van der Waals surface area contributed by atoms with Gasteiger partial charge >= 0.3 is 0 Å². The predicted molar refractivity (Wildman–Crippen MR) is 102 cm³/mol. The summed E-state index contributed by atoms with van der Waals surface area (Å²) < 4.78 is 1.54. The second kappa shape index (κ2) is 7.82. The van der Waals surface area contributed by atoms with Crippen molar-refractivity contribution in [1.29, 1.82) is 0 Å². The Labute approximate surface area is 156 Å². The number of nitro groups is 1. The van der Waals surface area contributed by atoms with Gasteiger partial charge in [-0.2, -0.15) is 0 Å². The maximum absolute atomic E-state index is 12.7. The lowest BCUT2D eigenvalue weighted by Crippen LogP contribution is -2.28. The Hall–Kier alpha value is -3.48. The minimum atomic E-state index is -0.497. The molecule has 0 aliphatic carbocycles. The molecule has 0 spiro atoms. The smallest absolute Gasteiger partial charge is 0.294 e. The first kappa shape index (κ1) is 18.3. The zero-order chi connectivity index (χ0) is 19.4. The quantitative estimate of drug-likeness (QED) is 0.529. The van der Waals surface area contributed by atoms with E-state index in [0.29, 0.717) is 12.1 Å². The molecule has 0 bridgehead atoms. The third-order valence-corrected chi connectivity index (χ3v) is 4.41. The molecule has 0 radical (unpaired) electrons. The molecule has 0 saturated carbocycles. The minimum Gasteiger partial charge on any atom is -0.345 e. The molecule has 1 atom stereocenters. The van der Waals surface area contributed by atoms with Gasteiger partial charge in [-0.05, 0) is 31.0 Å². The molecule has 0 fully saturated rings. The lowest BCUT2D eigenvalue weighted by molar-refractivity contribution is -0.384. The highest BCUT2D eigenvalue weighted by Crippen LogP contribution is 2.25. The van der Waals surface area contributed by atoms with Gasteiger partial charge in [-0.1, -0.05) is 36.8 Å². The number of aryl methyl sites for hydroxylation is 1. The summed E-state index contributed by atoms with van der Waals surface area (Å²) in [6.45, 7) is 3.99. The first-order valence-corrected chi connectivity index (χ1v) is 8.63. The summed E-state index contributed by atoms with van der Waals surface area (Å²) in [6.07, 6.45) is 5.35. The topological polar surface area (TPSA) is 90.1 Å². The van der Waals surface area contributed by atoms with Gasteiger partial charge in [0.1, 0.15) is 5.69 Å². The van der Waals surface area contributed by atoms with Gasteiger partial charge in [-0.3, -0.25) is 14.9 Å². The Bertz CT molecular complexity index is 950. The molecule has 27 heavy (non-hydrogen) atoms. The lowest BCUT2D eigenvalue weighted by Gasteiger charge is -2.18. The Morgan fingerprint density at radius 3 is 2.59 bits per heavy atom. The van der Waals surface area contributed by atoms with Crippen LogP contribution in [0.5, 0.6) is 0 Å². The second-order valence-corrected chi connectivity index (χ2v) is 6.28. The van der Waals surface area contributed by atoms with Crippen LogP contribution in [0.1, 0.15) is 40.9 Å². The molecule has 1 N–H and O–H groups in total. The van der Waals surface area contributed by atoms with Gasteiger partial charge < -0.3 is 9.88 Å². The van der Waals surface area contributed by atoms with Crippen LogP contribution in [-0.2, 0) is 0 Å². The van der Waals surface area contributed by atoms with E-state index in [1.807, 2.05) is 38.1 Å². The standard InChI is InChI=1S/C20H20N4O3/c1-3-17(15-6-4-14(2)5-7-15)22-20(25)16-8-9-18(19(12-16)24(26)27)23-11-10-21-13-23/h4-13,17H,3H2,1-2H3,(H,22,25). The van der Waals surface area contributed by atoms with Crippen molar-refractivity contribution in [1.82, 2.24) is 14.9 Å². The van der Waals surface area contributed by atoms with Crippen LogP contribution < -0.4 is 5.32 Å². The van der Waals surface area contributed by atoms with Crippen molar-refractivity contribution < 1.29 is 9.72 Å². The van der Waals surface area contributed by atoms with Gasteiger partial charge in [0.2, 0.25) is 0 Å². The summed E-state index contributed by atoms with van der Waals surface area (Å²) in [5.74, 6) is -0.345. The van der Waals surface area contributed by atoms with E-state index in [2.05, 4.69) is 10.3 Å². The number of rotatable bonds is 6. The number of hydrogen-bond donors (Lipinski definition) is 1. The minimum absolute atomic E-state index is 0.149.